The van der Waals surface area contributed by atoms with Crippen molar-refractivity contribution in [2.24, 2.45) is 0 Å². The Hall–Kier alpha value is -3.64. The van der Waals surface area contributed by atoms with Gasteiger partial charge in [-0.2, -0.15) is 4.37 Å². The molecule has 0 aliphatic rings. The molecule has 0 saturated carbocycles. The zero-order valence-corrected chi connectivity index (χ0v) is 18.0. The molecule has 5 rings (SSSR count). The zero-order chi connectivity index (χ0) is 22.5. The predicted molar refractivity (Wildman–Crippen MR) is 117 cm³/mol. The highest BCUT2D eigenvalue weighted by Gasteiger charge is 2.26. The third-order valence-electron chi connectivity index (χ3n) is 5.09. The van der Waals surface area contributed by atoms with Gasteiger partial charge in [-0.3, -0.25) is 14.3 Å². The molecule has 162 valence electrons. The number of pyridine rings is 1. The van der Waals surface area contributed by atoms with Gasteiger partial charge in [-0.05, 0) is 23.9 Å². The lowest BCUT2D eigenvalue weighted by atomic mass is 10.0. The molecule has 0 amide bonds. The SMILES string of the molecule is CC(c1cccc2ccncc12)n1c(=O)oc2cc(S(=O)(=O)Nc3ncns3)c(F)cc21. The minimum atomic E-state index is -4.31. The maximum Gasteiger partial charge on any atom is 0.420 e. The number of anilines is 1. The molecule has 0 aliphatic carbocycles. The summed E-state index contributed by atoms with van der Waals surface area (Å²) in [6.45, 7) is 1.78. The summed E-state index contributed by atoms with van der Waals surface area (Å²) >= 11 is 0.806. The number of fused-ring (bicyclic) bond motifs is 2. The summed E-state index contributed by atoms with van der Waals surface area (Å²) in [5.74, 6) is -1.77. The van der Waals surface area contributed by atoms with E-state index in [0.29, 0.717) is 0 Å². The van der Waals surface area contributed by atoms with Crippen molar-refractivity contribution in [3.8, 4) is 0 Å². The van der Waals surface area contributed by atoms with E-state index in [1.807, 2.05) is 24.3 Å². The highest BCUT2D eigenvalue weighted by Crippen LogP contribution is 2.30. The highest BCUT2D eigenvalue weighted by molar-refractivity contribution is 7.93. The van der Waals surface area contributed by atoms with Crippen LogP contribution in [0.5, 0.6) is 0 Å². The van der Waals surface area contributed by atoms with Crippen molar-refractivity contribution in [1.82, 2.24) is 18.9 Å². The van der Waals surface area contributed by atoms with Crippen LogP contribution in [0.4, 0.5) is 9.52 Å². The standard InChI is InChI=1S/C20H14FN5O4S2/c1-11(13-4-2-3-12-5-6-22-9-14(12)13)26-16-7-15(21)18(8-17(16)30-20(26)27)32(28,29)25-19-23-10-24-31-19/h2-11H,1H3,(H,23,24,25). The first-order valence-electron chi connectivity index (χ1n) is 9.32. The van der Waals surface area contributed by atoms with Crippen LogP contribution < -0.4 is 10.5 Å². The van der Waals surface area contributed by atoms with Crippen molar-refractivity contribution >= 4 is 48.6 Å². The maximum atomic E-state index is 14.9. The summed E-state index contributed by atoms with van der Waals surface area (Å²) in [4.78, 5) is 19.9. The fourth-order valence-corrected chi connectivity index (χ4v) is 5.37. The Balaban J connectivity index is 1.64. The molecule has 32 heavy (non-hydrogen) atoms. The van der Waals surface area contributed by atoms with Gasteiger partial charge in [0.1, 0.15) is 17.0 Å². The van der Waals surface area contributed by atoms with Crippen LogP contribution in [0.2, 0.25) is 0 Å². The van der Waals surface area contributed by atoms with Gasteiger partial charge >= 0.3 is 5.76 Å². The predicted octanol–water partition coefficient (Wildman–Crippen LogP) is 3.54. The molecule has 0 aliphatic heterocycles. The van der Waals surface area contributed by atoms with Crippen LogP contribution in [0.3, 0.4) is 0 Å². The van der Waals surface area contributed by atoms with Crippen molar-refractivity contribution in [1.29, 1.82) is 0 Å². The fraction of sp³-hybridized carbons (Fsp3) is 0.100. The molecule has 3 aromatic heterocycles. The number of halogens is 1. The molecule has 5 aromatic rings. The van der Waals surface area contributed by atoms with E-state index in [1.165, 1.54) is 10.9 Å². The van der Waals surface area contributed by atoms with Crippen LogP contribution in [0.1, 0.15) is 18.5 Å². The minimum absolute atomic E-state index is 0.0123. The molecule has 1 atom stereocenters. The molecular formula is C20H14FN5O4S2. The summed E-state index contributed by atoms with van der Waals surface area (Å²) in [5, 5.41) is 1.76. The van der Waals surface area contributed by atoms with Gasteiger partial charge in [-0.15, -0.1) is 0 Å². The van der Waals surface area contributed by atoms with Crippen molar-refractivity contribution < 1.29 is 17.2 Å². The Morgan fingerprint density at radius 3 is 2.88 bits per heavy atom. The molecule has 1 unspecified atom stereocenters. The van der Waals surface area contributed by atoms with Crippen LogP contribution in [0, 0.1) is 5.82 Å². The number of aromatic nitrogens is 4. The molecule has 0 saturated heterocycles. The van der Waals surface area contributed by atoms with Gasteiger partial charge in [0.05, 0.1) is 11.6 Å². The quantitative estimate of drug-likeness (QED) is 0.416. The number of nitrogens with zero attached hydrogens (tertiary/aromatic N) is 4. The Kier molecular flexibility index (Phi) is 4.75. The lowest BCUT2D eigenvalue weighted by Gasteiger charge is -2.16. The molecule has 0 bridgehead atoms. The van der Waals surface area contributed by atoms with Crippen LogP contribution in [0.25, 0.3) is 21.9 Å². The molecule has 9 nitrogen and oxygen atoms in total. The molecule has 0 fully saturated rings. The molecule has 12 heteroatoms. The van der Waals surface area contributed by atoms with Crippen molar-refractivity contribution in [3.63, 3.8) is 0 Å². The summed E-state index contributed by atoms with van der Waals surface area (Å²) in [7, 11) is -4.31. The summed E-state index contributed by atoms with van der Waals surface area (Å²) in [6.07, 6.45) is 4.54. The second-order valence-electron chi connectivity index (χ2n) is 6.96. The Bertz CT molecular complexity index is 1620. The Morgan fingerprint density at radius 1 is 1.25 bits per heavy atom. The molecule has 0 radical (unpaired) electrons. The lowest BCUT2D eigenvalue weighted by molar-refractivity contribution is 0.490. The van der Waals surface area contributed by atoms with E-state index in [1.54, 1.807) is 19.3 Å². The highest BCUT2D eigenvalue weighted by atomic mass is 32.2. The van der Waals surface area contributed by atoms with Gasteiger partial charge in [-0.1, -0.05) is 18.2 Å². The van der Waals surface area contributed by atoms with Gasteiger partial charge in [0.15, 0.2) is 5.58 Å². The summed E-state index contributed by atoms with van der Waals surface area (Å²) in [6, 6.07) is 8.91. The second kappa shape index (κ2) is 7.50. The van der Waals surface area contributed by atoms with Gasteiger partial charge in [-0.25, -0.2) is 22.6 Å². The number of hydrogen-bond donors (Lipinski definition) is 1. The second-order valence-corrected chi connectivity index (χ2v) is 9.39. The maximum absolute atomic E-state index is 14.9. The van der Waals surface area contributed by atoms with Gasteiger partial charge < -0.3 is 4.42 Å². The number of sulfonamides is 1. The Labute approximate surface area is 184 Å². The number of oxazole rings is 1. The van der Waals surface area contributed by atoms with Crippen LogP contribution in [-0.2, 0) is 10.0 Å². The first-order valence-corrected chi connectivity index (χ1v) is 11.6. The molecule has 2 aromatic carbocycles. The monoisotopic (exact) mass is 471 g/mol. The first-order chi connectivity index (χ1) is 15.3. The normalized spacial score (nSPS) is 12.9. The lowest BCUT2D eigenvalue weighted by Crippen LogP contribution is -2.19. The number of nitrogens with one attached hydrogen (secondary N) is 1. The van der Waals surface area contributed by atoms with E-state index in [2.05, 4.69) is 19.1 Å². The number of benzene rings is 2. The average molecular weight is 471 g/mol. The van der Waals surface area contributed by atoms with E-state index in [0.717, 1.165) is 40.0 Å². The number of rotatable bonds is 5. The van der Waals surface area contributed by atoms with E-state index < -0.39 is 32.5 Å². The topological polar surface area (TPSA) is 120 Å². The molecule has 1 N–H and O–H groups in total. The van der Waals surface area contributed by atoms with Gasteiger partial charge in [0.2, 0.25) is 5.13 Å². The molecular weight excluding hydrogens is 457 g/mol. The summed E-state index contributed by atoms with van der Waals surface area (Å²) < 4.78 is 52.6. The van der Waals surface area contributed by atoms with Crippen molar-refractivity contribution in [3.05, 3.63) is 77.1 Å². The Morgan fingerprint density at radius 2 is 2.09 bits per heavy atom. The van der Waals surface area contributed by atoms with Crippen LogP contribution in [-0.4, -0.2) is 27.3 Å². The van der Waals surface area contributed by atoms with Gasteiger partial charge in [0.25, 0.3) is 10.0 Å². The van der Waals surface area contributed by atoms with Crippen molar-refractivity contribution in [2.45, 2.75) is 17.9 Å². The zero-order valence-electron chi connectivity index (χ0n) is 16.4. The van der Waals surface area contributed by atoms with E-state index in [4.69, 9.17) is 4.42 Å². The largest absolute Gasteiger partial charge is 0.420 e. The van der Waals surface area contributed by atoms with E-state index in [9.17, 15) is 17.6 Å². The van der Waals surface area contributed by atoms with Crippen LogP contribution >= 0.6 is 11.5 Å². The smallest absolute Gasteiger partial charge is 0.408 e. The van der Waals surface area contributed by atoms with E-state index >= 15 is 0 Å². The third-order valence-corrected chi connectivity index (χ3v) is 7.16. The third kappa shape index (κ3) is 3.33. The average Bonchev–Trinajstić information content (AvgIpc) is 3.38. The van der Waals surface area contributed by atoms with E-state index in [-0.39, 0.29) is 16.2 Å². The molecule has 0 spiro atoms. The van der Waals surface area contributed by atoms with Crippen LogP contribution in [0.15, 0.2) is 69.2 Å². The molecule has 3 heterocycles. The van der Waals surface area contributed by atoms with Crippen molar-refractivity contribution in [2.75, 3.05) is 4.72 Å². The summed E-state index contributed by atoms with van der Waals surface area (Å²) in [5.41, 5.74) is 0.866. The first kappa shape index (κ1) is 20.3. The minimum Gasteiger partial charge on any atom is -0.408 e. The van der Waals surface area contributed by atoms with Gasteiger partial charge in [0, 0.05) is 41.4 Å². The number of hydrogen-bond acceptors (Lipinski definition) is 8. The fourth-order valence-electron chi connectivity index (χ4n) is 3.64.